The zero-order chi connectivity index (χ0) is 11.8. The van der Waals surface area contributed by atoms with E-state index in [1.165, 1.54) is 19.3 Å². The summed E-state index contributed by atoms with van der Waals surface area (Å²) in [6.45, 7) is 9.39. The molecule has 0 saturated heterocycles. The Kier molecular flexibility index (Phi) is 6.08. The fourth-order valence-electron chi connectivity index (χ4n) is 1.52. The summed E-state index contributed by atoms with van der Waals surface area (Å²) in [5.41, 5.74) is 0. The fourth-order valence-corrected chi connectivity index (χ4v) is 1.52. The highest BCUT2D eigenvalue weighted by molar-refractivity contribution is 4.80. The molecule has 0 unspecified atom stereocenters. The van der Waals surface area contributed by atoms with Crippen molar-refractivity contribution in [3.63, 3.8) is 0 Å². The minimum atomic E-state index is 0.673. The Morgan fingerprint density at radius 3 is 2.88 bits per heavy atom. The first kappa shape index (κ1) is 13.2. The number of aromatic nitrogens is 3. The fraction of sp³-hybridized carbons (Fsp3) is 0.833. The van der Waals surface area contributed by atoms with E-state index in [-0.39, 0.29) is 0 Å². The molecule has 0 aliphatic heterocycles. The van der Waals surface area contributed by atoms with E-state index in [2.05, 4.69) is 36.2 Å². The Bertz CT molecular complexity index is 280. The number of hydrogen-bond donors (Lipinski definition) is 1. The molecule has 1 aromatic rings. The molecule has 0 aliphatic rings. The summed E-state index contributed by atoms with van der Waals surface area (Å²) in [6, 6.07) is 0. The quantitative estimate of drug-likeness (QED) is 0.688. The van der Waals surface area contributed by atoms with Crippen LogP contribution in [0.5, 0.6) is 0 Å². The largest absolute Gasteiger partial charge is 0.310 e. The molecule has 92 valence electrons. The zero-order valence-corrected chi connectivity index (χ0v) is 10.7. The van der Waals surface area contributed by atoms with Crippen LogP contribution in [-0.4, -0.2) is 21.3 Å². The predicted molar refractivity (Wildman–Crippen MR) is 66.1 cm³/mol. The van der Waals surface area contributed by atoms with Crippen LogP contribution in [0.1, 0.15) is 45.9 Å². The third kappa shape index (κ3) is 5.26. The monoisotopic (exact) mass is 224 g/mol. The molecule has 16 heavy (non-hydrogen) atoms. The van der Waals surface area contributed by atoms with E-state index in [9.17, 15) is 0 Å². The van der Waals surface area contributed by atoms with Crippen LogP contribution in [0.2, 0.25) is 0 Å². The summed E-state index contributed by atoms with van der Waals surface area (Å²) in [4.78, 5) is 4.28. The van der Waals surface area contributed by atoms with Gasteiger partial charge in [0, 0.05) is 6.54 Å². The topological polar surface area (TPSA) is 42.7 Å². The number of aryl methyl sites for hydroxylation is 1. The van der Waals surface area contributed by atoms with Gasteiger partial charge in [-0.1, -0.05) is 33.6 Å². The van der Waals surface area contributed by atoms with Crippen molar-refractivity contribution < 1.29 is 0 Å². The van der Waals surface area contributed by atoms with E-state index in [4.69, 9.17) is 0 Å². The van der Waals surface area contributed by atoms with Gasteiger partial charge in [0.05, 0.1) is 6.54 Å². The summed E-state index contributed by atoms with van der Waals surface area (Å²) in [6.07, 6.45) is 5.54. The maximum Gasteiger partial charge on any atom is 0.164 e. The number of unbranched alkanes of at least 4 members (excludes halogenated alkanes) is 2. The minimum Gasteiger partial charge on any atom is -0.310 e. The normalized spacial score (nSPS) is 11.2. The number of hydrogen-bond acceptors (Lipinski definition) is 3. The number of nitrogens with zero attached hydrogens (tertiary/aromatic N) is 3. The minimum absolute atomic E-state index is 0.673. The van der Waals surface area contributed by atoms with Crippen LogP contribution in [0.25, 0.3) is 0 Å². The van der Waals surface area contributed by atoms with Crippen LogP contribution in [0, 0.1) is 5.92 Å². The average molecular weight is 224 g/mol. The van der Waals surface area contributed by atoms with Crippen LogP contribution in [0.15, 0.2) is 6.33 Å². The third-order valence-corrected chi connectivity index (χ3v) is 2.41. The molecule has 0 amide bonds. The van der Waals surface area contributed by atoms with E-state index in [1.54, 1.807) is 0 Å². The second kappa shape index (κ2) is 7.39. The highest BCUT2D eigenvalue weighted by Crippen LogP contribution is 1.98. The van der Waals surface area contributed by atoms with E-state index < -0.39 is 0 Å². The molecular weight excluding hydrogens is 200 g/mol. The van der Waals surface area contributed by atoms with E-state index in [0.717, 1.165) is 25.5 Å². The lowest BCUT2D eigenvalue weighted by atomic mass is 10.2. The first-order valence-corrected chi connectivity index (χ1v) is 6.31. The van der Waals surface area contributed by atoms with Crippen molar-refractivity contribution in [3.05, 3.63) is 12.2 Å². The van der Waals surface area contributed by atoms with Crippen molar-refractivity contribution in [1.29, 1.82) is 0 Å². The van der Waals surface area contributed by atoms with Gasteiger partial charge >= 0.3 is 0 Å². The summed E-state index contributed by atoms with van der Waals surface area (Å²) >= 11 is 0. The van der Waals surface area contributed by atoms with Gasteiger partial charge < -0.3 is 5.32 Å². The van der Waals surface area contributed by atoms with Crippen LogP contribution in [0.4, 0.5) is 0 Å². The molecule has 0 saturated carbocycles. The van der Waals surface area contributed by atoms with Gasteiger partial charge in [-0.25, -0.2) is 4.98 Å². The second-order valence-corrected chi connectivity index (χ2v) is 4.66. The predicted octanol–water partition coefficient (Wildman–Crippen LogP) is 2.21. The van der Waals surface area contributed by atoms with Gasteiger partial charge in [-0.3, -0.25) is 4.68 Å². The molecule has 0 atom stereocenters. The van der Waals surface area contributed by atoms with Crippen LogP contribution < -0.4 is 5.32 Å². The number of nitrogens with one attached hydrogen (secondary N) is 1. The van der Waals surface area contributed by atoms with Crippen molar-refractivity contribution in [2.24, 2.45) is 5.92 Å². The zero-order valence-electron chi connectivity index (χ0n) is 10.7. The maximum absolute atomic E-state index is 4.42. The van der Waals surface area contributed by atoms with Gasteiger partial charge in [0.1, 0.15) is 6.33 Å². The lowest BCUT2D eigenvalue weighted by molar-refractivity contribution is 0.525. The molecule has 0 bridgehead atoms. The molecule has 1 heterocycles. The Morgan fingerprint density at radius 1 is 1.38 bits per heavy atom. The lowest BCUT2D eigenvalue weighted by Crippen LogP contribution is -2.19. The van der Waals surface area contributed by atoms with Gasteiger partial charge in [0.25, 0.3) is 0 Å². The van der Waals surface area contributed by atoms with Crippen molar-refractivity contribution in [3.8, 4) is 0 Å². The van der Waals surface area contributed by atoms with E-state index in [1.807, 2.05) is 11.0 Å². The van der Waals surface area contributed by atoms with Gasteiger partial charge in [-0.2, -0.15) is 5.10 Å². The summed E-state index contributed by atoms with van der Waals surface area (Å²) < 4.78 is 1.95. The van der Waals surface area contributed by atoms with E-state index in [0.29, 0.717) is 5.92 Å². The molecule has 0 aromatic carbocycles. The molecule has 1 aromatic heterocycles. The smallest absolute Gasteiger partial charge is 0.164 e. The van der Waals surface area contributed by atoms with Gasteiger partial charge in [-0.05, 0) is 18.9 Å². The number of rotatable bonds is 8. The standard InChI is InChI=1S/C12H24N4/c1-4-5-6-7-16-10-14-12(15-16)9-13-8-11(2)3/h10-11,13H,4-9H2,1-3H3. The molecule has 1 N–H and O–H groups in total. The van der Waals surface area contributed by atoms with Crippen LogP contribution in [0.3, 0.4) is 0 Å². The first-order chi connectivity index (χ1) is 7.72. The van der Waals surface area contributed by atoms with Crippen LogP contribution >= 0.6 is 0 Å². The Hall–Kier alpha value is -0.900. The third-order valence-electron chi connectivity index (χ3n) is 2.41. The summed E-state index contributed by atoms with van der Waals surface area (Å²) in [5, 5.41) is 7.77. The van der Waals surface area contributed by atoms with Gasteiger partial charge in [-0.15, -0.1) is 0 Å². The van der Waals surface area contributed by atoms with Gasteiger partial charge in [0.15, 0.2) is 5.82 Å². The molecule has 0 radical (unpaired) electrons. The van der Waals surface area contributed by atoms with Crippen molar-refractivity contribution in [2.45, 2.75) is 53.1 Å². The Balaban J connectivity index is 2.22. The van der Waals surface area contributed by atoms with Gasteiger partial charge in [0.2, 0.25) is 0 Å². The molecular formula is C12H24N4. The van der Waals surface area contributed by atoms with Crippen molar-refractivity contribution in [1.82, 2.24) is 20.1 Å². The first-order valence-electron chi connectivity index (χ1n) is 6.31. The highest BCUT2D eigenvalue weighted by Gasteiger charge is 2.00. The Labute approximate surface area is 98.5 Å². The molecule has 0 aliphatic carbocycles. The van der Waals surface area contributed by atoms with E-state index >= 15 is 0 Å². The lowest BCUT2D eigenvalue weighted by Gasteiger charge is -2.04. The molecule has 0 spiro atoms. The SMILES string of the molecule is CCCCCn1cnc(CNCC(C)C)n1. The van der Waals surface area contributed by atoms with Crippen LogP contribution in [-0.2, 0) is 13.1 Å². The second-order valence-electron chi connectivity index (χ2n) is 4.66. The Morgan fingerprint density at radius 2 is 2.19 bits per heavy atom. The van der Waals surface area contributed by atoms with Crippen molar-refractivity contribution in [2.75, 3.05) is 6.54 Å². The summed E-state index contributed by atoms with van der Waals surface area (Å²) in [7, 11) is 0. The molecule has 0 fully saturated rings. The molecule has 4 heteroatoms. The highest BCUT2D eigenvalue weighted by atomic mass is 15.3. The molecule has 1 rings (SSSR count). The maximum atomic E-state index is 4.42. The van der Waals surface area contributed by atoms with Crippen molar-refractivity contribution >= 4 is 0 Å². The molecule has 4 nitrogen and oxygen atoms in total. The average Bonchev–Trinajstić information content (AvgIpc) is 2.66. The summed E-state index contributed by atoms with van der Waals surface area (Å²) in [5.74, 6) is 1.57.